The molecule has 5 heteroatoms. The minimum atomic E-state index is -0.500. The summed E-state index contributed by atoms with van der Waals surface area (Å²) in [6, 6.07) is 4.29. The molecule has 0 radical (unpaired) electrons. The lowest BCUT2D eigenvalue weighted by Crippen LogP contribution is -2.39. The third-order valence-electron chi connectivity index (χ3n) is 3.64. The number of amides is 1. The normalized spacial score (nSPS) is 22.4. The van der Waals surface area contributed by atoms with Crippen LogP contribution in [0.2, 0.25) is 5.02 Å². The lowest BCUT2D eigenvalue weighted by Gasteiger charge is -2.26. The van der Waals surface area contributed by atoms with Crippen LogP contribution in [-0.4, -0.2) is 18.6 Å². The number of hydrogen-bond donors (Lipinski definition) is 1. The molecule has 2 rings (SSSR count). The van der Waals surface area contributed by atoms with E-state index in [9.17, 15) is 9.18 Å². The van der Waals surface area contributed by atoms with Gasteiger partial charge in [-0.05, 0) is 43.7 Å². The van der Waals surface area contributed by atoms with E-state index in [0.29, 0.717) is 5.75 Å². The van der Waals surface area contributed by atoms with Crippen LogP contribution in [0.5, 0.6) is 5.75 Å². The second-order valence-corrected chi connectivity index (χ2v) is 5.80. The number of carbonyl (C=O) groups excluding carboxylic acids is 1. The fraction of sp³-hybridized carbons (Fsp3) is 0.533. The Kier molecular flexibility index (Phi) is 5.24. The molecule has 1 aromatic carbocycles. The van der Waals surface area contributed by atoms with Crippen molar-refractivity contribution in [2.45, 2.75) is 38.6 Å². The van der Waals surface area contributed by atoms with E-state index in [1.165, 1.54) is 18.2 Å². The predicted octanol–water partition coefficient (Wildman–Crippen LogP) is 3.55. The number of hydrogen-bond acceptors (Lipinski definition) is 2. The lowest BCUT2D eigenvalue weighted by molar-refractivity contribution is -0.124. The largest absolute Gasteiger partial charge is 0.484 e. The summed E-state index contributed by atoms with van der Waals surface area (Å²) in [6.07, 6.45) is 4.35. The standard InChI is InChI=1S/C15H19ClFNO2/c1-10-2-4-11(5-3-10)18-15(19)9-20-12-6-7-14(17)13(16)8-12/h6-8,10-11H,2-5,9H2,1H3,(H,18,19). The van der Waals surface area contributed by atoms with Crippen LogP contribution in [0.4, 0.5) is 4.39 Å². The van der Waals surface area contributed by atoms with Gasteiger partial charge in [0.1, 0.15) is 11.6 Å². The van der Waals surface area contributed by atoms with Crippen molar-refractivity contribution in [3.05, 3.63) is 29.0 Å². The molecule has 0 atom stereocenters. The van der Waals surface area contributed by atoms with E-state index >= 15 is 0 Å². The molecule has 0 saturated heterocycles. The summed E-state index contributed by atoms with van der Waals surface area (Å²) in [7, 11) is 0. The first kappa shape index (κ1) is 15.1. The Labute approximate surface area is 123 Å². The van der Waals surface area contributed by atoms with Gasteiger partial charge in [0.05, 0.1) is 5.02 Å². The maximum absolute atomic E-state index is 13.0. The zero-order valence-corrected chi connectivity index (χ0v) is 12.3. The van der Waals surface area contributed by atoms with Gasteiger partial charge in [-0.1, -0.05) is 18.5 Å². The third-order valence-corrected chi connectivity index (χ3v) is 3.93. The van der Waals surface area contributed by atoms with Crippen molar-refractivity contribution in [2.24, 2.45) is 5.92 Å². The fourth-order valence-corrected chi connectivity index (χ4v) is 2.56. The van der Waals surface area contributed by atoms with Gasteiger partial charge in [0.2, 0.25) is 0 Å². The quantitative estimate of drug-likeness (QED) is 0.923. The molecule has 0 spiro atoms. The van der Waals surface area contributed by atoms with E-state index in [0.717, 1.165) is 31.6 Å². The molecule has 20 heavy (non-hydrogen) atoms. The molecule has 1 fully saturated rings. The van der Waals surface area contributed by atoms with Gasteiger partial charge in [-0.15, -0.1) is 0 Å². The average molecular weight is 300 g/mol. The number of halogens is 2. The summed E-state index contributed by atoms with van der Waals surface area (Å²) < 4.78 is 18.3. The van der Waals surface area contributed by atoms with Gasteiger partial charge in [-0.3, -0.25) is 4.79 Å². The average Bonchev–Trinajstić information content (AvgIpc) is 2.43. The van der Waals surface area contributed by atoms with Crippen molar-refractivity contribution in [1.82, 2.24) is 5.32 Å². The highest BCUT2D eigenvalue weighted by molar-refractivity contribution is 6.30. The van der Waals surface area contributed by atoms with Crippen LogP contribution in [-0.2, 0) is 4.79 Å². The van der Waals surface area contributed by atoms with Gasteiger partial charge >= 0.3 is 0 Å². The van der Waals surface area contributed by atoms with Gasteiger partial charge in [0.25, 0.3) is 5.91 Å². The number of ether oxygens (including phenoxy) is 1. The van der Waals surface area contributed by atoms with E-state index < -0.39 is 5.82 Å². The Morgan fingerprint density at radius 1 is 1.40 bits per heavy atom. The second-order valence-electron chi connectivity index (χ2n) is 5.39. The summed E-state index contributed by atoms with van der Waals surface area (Å²) in [5.41, 5.74) is 0. The highest BCUT2D eigenvalue weighted by Gasteiger charge is 2.19. The van der Waals surface area contributed by atoms with Crippen molar-refractivity contribution in [3.63, 3.8) is 0 Å². The molecular formula is C15H19ClFNO2. The van der Waals surface area contributed by atoms with Crippen molar-refractivity contribution in [2.75, 3.05) is 6.61 Å². The minimum absolute atomic E-state index is 0.0100. The first-order chi connectivity index (χ1) is 9.54. The van der Waals surface area contributed by atoms with E-state index in [1.807, 2.05) is 0 Å². The molecule has 0 heterocycles. The molecule has 1 aromatic rings. The molecule has 3 nitrogen and oxygen atoms in total. The maximum Gasteiger partial charge on any atom is 0.258 e. The molecule has 0 unspecified atom stereocenters. The zero-order valence-electron chi connectivity index (χ0n) is 11.5. The molecule has 0 bridgehead atoms. The maximum atomic E-state index is 13.0. The Bertz CT molecular complexity index is 473. The summed E-state index contributed by atoms with van der Waals surface area (Å²) in [5.74, 6) is 0.495. The van der Waals surface area contributed by atoms with Crippen LogP contribution in [0, 0.1) is 11.7 Å². The SMILES string of the molecule is CC1CCC(NC(=O)COc2ccc(F)c(Cl)c2)CC1. The molecule has 1 aliphatic carbocycles. The first-order valence-electron chi connectivity index (χ1n) is 6.92. The summed E-state index contributed by atoms with van der Waals surface area (Å²) in [5, 5.41) is 2.95. The number of rotatable bonds is 4. The molecule has 110 valence electrons. The topological polar surface area (TPSA) is 38.3 Å². The van der Waals surface area contributed by atoms with E-state index in [-0.39, 0.29) is 23.6 Å². The summed E-state index contributed by atoms with van der Waals surface area (Å²) in [4.78, 5) is 11.8. The van der Waals surface area contributed by atoms with Gasteiger partial charge in [-0.25, -0.2) is 4.39 Å². The van der Waals surface area contributed by atoms with Gasteiger partial charge < -0.3 is 10.1 Å². The molecule has 1 N–H and O–H groups in total. The van der Waals surface area contributed by atoms with Crippen molar-refractivity contribution in [3.8, 4) is 5.75 Å². The monoisotopic (exact) mass is 299 g/mol. The van der Waals surface area contributed by atoms with E-state index in [2.05, 4.69) is 12.2 Å². The highest BCUT2D eigenvalue weighted by Crippen LogP contribution is 2.23. The highest BCUT2D eigenvalue weighted by atomic mass is 35.5. The molecule has 1 saturated carbocycles. The van der Waals surface area contributed by atoms with Crippen molar-refractivity contribution < 1.29 is 13.9 Å². The molecule has 1 amide bonds. The lowest BCUT2D eigenvalue weighted by atomic mass is 9.87. The Morgan fingerprint density at radius 2 is 2.10 bits per heavy atom. The Hall–Kier alpha value is -1.29. The van der Waals surface area contributed by atoms with Crippen LogP contribution < -0.4 is 10.1 Å². The van der Waals surface area contributed by atoms with Crippen LogP contribution in [0.25, 0.3) is 0 Å². The molecule has 1 aliphatic rings. The number of benzene rings is 1. The fourth-order valence-electron chi connectivity index (χ4n) is 2.39. The van der Waals surface area contributed by atoms with Crippen molar-refractivity contribution >= 4 is 17.5 Å². The van der Waals surface area contributed by atoms with Crippen LogP contribution >= 0.6 is 11.6 Å². The second kappa shape index (κ2) is 6.93. The predicted molar refractivity (Wildman–Crippen MR) is 76.5 cm³/mol. The van der Waals surface area contributed by atoms with Gasteiger partial charge in [-0.2, -0.15) is 0 Å². The number of carbonyl (C=O) groups is 1. The van der Waals surface area contributed by atoms with E-state index in [1.54, 1.807) is 0 Å². The third kappa shape index (κ3) is 4.37. The zero-order chi connectivity index (χ0) is 14.5. The van der Waals surface area contributed by atoms with Crippen molar-refractivity contribution in [1.29, 1.82) is 0 Å². The summed E-state index contributed by atoms with van der Waals surface area (Å²) >= 11 is 5.64. The summed E-state index contributed by atoms with van der Waals surface area (Å²) in [6.45, 7) is 2.16. The Morgan fingerprint density at radius 3 is 2.75 bits per heavy atom. The first-order valence-corrected chi connectivity index (χ1v) is 7.29. The molecule has 0 aliphatic heterocycles. The smallest absolute Gasteiger partial charge is 0.258 e. The molecular weight excluding hydrogens is 281 g/mol. The van der Waals surface area contributed by atoms with Gasteiger partial charge in [0, 0.05) is 12.1 Å². The molecule has 0 aromatic heterocycles. The van der Waals surface area contributed by atoms with Crippen LogP contribution in [0.15, 0.2) is 18.2 Å². The minimum Gasteiger partial charge on any atom is -0.484 e. The van der Waals surface area contributed by atoms with Crippen LogP contribution in [0.3, 0.4) is 0 Å². The van der Waals surface area contributed by atoms with Crippen LogP contribution in [0.1, 0.15) is 32.6 Å². The van der Waals surface area contributed by atoms with Gasteiger partial charge in [0.15, 0.2) is 6.61 Å². The number of nitrogens with one attached hydrogen (secondary N) is 1. The van der Waals surface area contributed by atoms with E-state index in [4.69, 9.17) is 16.3 Å². The Balaban J connectivity index is 1.76.